The van der Waals surface area contributed by atoms with Gasteiger partial charge in [-0.15, -0.1) is 11.8 Å². The molecule has 1 aliphatic rings. The summed E-state index contributed by atoms with van der Waals surface area (Å²) in [7, 11) is 0. The third-order valence-electron chi connectivity index (χ3n) is 6.65. The second kappa shape index (κ2) is 12.4. The summed E-state index contributed by atoms with van der Waals surface area (Å²) in [4.78, 5) is 42.0. The molecule has 1 atom stereocenters. The predicted octanol–water partition coefficient (Wildman–Crippen LogP) is 5.57. The Labute approximate surface area is 239 Å². The van der Waals surface area contributed by atoms with Gasteiger partial charge >= 0.3 is 5.97 Å². The van der Waals surface area contributed by atoms with Crippen LogP contribution in [0, 0.1) is 11.6 Å². The number of anilines is 1. The van der Waals surface area contributed by atoms with Gasteiger partial charge in [0, 0.05) is 41.6 Å². The number of benzene rings is 3. The van der Waals surface area contributed by atoms with Crippen molar-refractivity contribution < 1.29 is 27.9 Å². The van der Waals surface area contributed by atoms with Crippen LogP contribution in [0.15, 0.2) is 84.0 Å². The van der Waals surface area contributed by atoms with E-state index in [4.69, 9.17) is 10.5 Å². The summed E-state index contributed by atoms with van der Waals surface area (Å²) in [5.41, 5.74) is 8.88. The van der Waals surface area contributed by atoms with Crippen molar-refractivity contribution in [1.82, 2.24) is 4.98 Å². The normalized spacial score (nSPS) is 14.5. The van der Waals surface area contributed by atoms with Crippen molar-refractivity contribution in [2.75, 3.05) is 11.9 Å². The van der Waals surface area contributed by atoms with Crippen molar-refractivity contribution in [2.24, 2.45) is 5.73 Å². The number of esters is 1. The Kier molecular flexibility index (Phi) is 8.51. The van der Waals surface area contributed by atoms with Gasteiger partial charge in [-0.25, -0.2) is 8.78 Å². The highest BCUT2D eigenvalue weighted by Gasteiger charge is 2.27. The number of amides is 1. The molecule has 0 radical (unpaired) electrons. The number of hydrogen-bond acceptors (Lipinski definition) is 7. The summed E-state index contributed by atoms with van der Waals surface area (Å²) >= 11 is 1.22. The van der Waals surface area contributed by atoms with Crippen LogP contribution < -0.4 is 11.1 Å². The minimum absolute atomic E-state index is 0.00247. The van der Waals surface area contributed by atoms with Crippen LogP contribution in [0.5, 0.6) is 0 Å². The molecule has 0 saturated carbocycles. The van der Waals surface area contributed by atoms with E-state index in [2.05, 4.69) is 10.3 Å². The van der Waals surface area contributed by atoms with Gasteiger partial charge in [-0.3, -0.25) is 19.4 Å². The maximum absolute atomic E-state index is 14.8. The van der Waals surface area contributed by atoms with Gasteiger partial charge in [0.1, 0.15) is 16.9 Å². The van der Waals surface area contributed by atoms with Crippen molar-refractivity contribution >= 4 is 35.1 Å². The van der Waals surface area contributed by atoms with Crippen molar-refractivity contribution in [3.63, 3.8) is 0 Å². The van der Waals surface area contributed by atoms with Gasteiger partial charge in [-0.05, 0) is 64.7 Å². The van der Waals surface area contributed by atoms with Gasteiger partial charge in [0.15, 0.2) is 5.78 Å². The molecule has 2 heterocycles. The van der Waals surface area contributed by atoms with Crippen molar-refractivity contribution in [3.05, 3.63) is 113 Å². The number of rotatable bonds is 9. The van der Waals surface area contributed by atoms with Gasteiger partial charge in [0.05, 0.1) is 18.5 Å². The van der Waals surface area contributed by atoms with Crippen molar-refractivity contribution in [3.8, 4) is 11.1 Å². The number of nitrogens with two attached hydrogens (primary N) is 1. The molecule has 1 aromatic heterocycles. The van der Waals surface area contributed by atoms with Crippen LogP contribution in [0.2, 0.25) is 0 Å². The number of carbonyl (C=O) groups excluding carboxylic acids is 3. The molecule has 10 heteroatoms. The number of nitrogens with zero attached hydrogens (tertiary/aromatic N) is 1. The van der Waals surface area contributed by atoms with Crippen LogP contribution in [0.1, 0.15) is 38.3 Å². The Hall–Kier alpha value is -4.41. The number of hydrogen-bond donors (Lipinski definition) is 2. The zero-order chi connectivity index (χ0) is 28.9. The zero-order valence-corrected chi connectivity index (χ0v) is 22.5. The number of ketones is 1. The maximum atomic E-state index is 14.8. The number of pyridine rings is 1. The van der Waals surface area contributed by atoms with Gasteiger partial charge < -0.3 is 15.8 Å². The summed E-state index contributed by atoms with van der Waals surface area (Å²) in [6.07, 6.45) is 2.92. The molecule has 208 valence electrons. The third-order valence-corrected chi connectivity index (χ3v) is 7.89. The van der Waals surface area contributed by atoms with E-state index in [-0.39, 0.29) is 46.8 Å². The predicted molar refractivity (Wildman–Crippen MR) is 152 cm³/mol. The lowest BCUT2D eigenvalue weighted by Crippen LogP contribution is -2.13. The van der Waals surface area contributed by atoms with Crippen LogP contribution in [0.4, 0.5) is 14.5 Å². The third kappa shape index (κ3) is 6.50. The van der Waals surface area contributed by atoms with Gasteiger partial charge in [0.25, 0.3) is 5.91 Å². The van der Waals surface area contributed by atoms with Crippen LogP contribution in [-0.4, -0.2) is 34.5 Å². The summed E-state index contributed by atoms with van der Waals surface area (Å²) in [5, 5.41) is 2.22. The number of carbonyl (C=O) groups is 3. The monoisotopic (exact) mass is 573 g/mol. The highest BCUT2D eigenvalue weighted by Crippen LogP contribution is 2.32. The Morgan fingerprint density at radius 3 is 2.59 bits per heavy atom. The Morgan fingerprint density at radius 1 is 1.00 bits per heavy atom. The molecule has 3 N–H and O–H groups in total. The van der Waals surface area contributed by atoms with E-state index in [0.717, 1.165) is 11.8 Å². The van der Waals surface area contributed by atoms with Gasteiger partial charge in [0.2, 0.25) is 0 Å². The Bertz CT molecular complexity index is 1650. The maximum Gasteiger partial charge on any atom is 0.319 e. The quantitative estimate of drug-likeness (QED) is 0.199. The molecule has 41 heavy (non-hydrogen) atoms. The van der Waals surface area contributed by atoms with E-state index in [1.54, 1.807) is 48.5 Å². The summed E-state index contributed by atoms with van der Waals surface area (Å²) in [6, 6.07) is 17.6. The Morgan fingerprint density at radius 2 is 1.85 bits per heavy atom. The first kappa shape index (κ1) is 28.1. The molecular weight excluding hydrogens is 548 g/mol. The summed E-state index contributed by atoms with van der Waals surface area (Å²) < 4.78 is 33.8. The first-order chi connectivity index (χ1) is 19.8. The lowest BCUT2D eigenvalue weighted by molar-refractivity contribution is -0.137. The number of nitrogens with one attached hydrogen (secondary N) is 1. The lowest BCUT2D eigenvalue weighted by atomic mass is 9.93. The highest BCUT2D eigenvalue weighted by molar-refractivity contribution is 8.00. The average Bonchev–Trinajstić information content (AvgIpc) is 3.39. The van der Waals surface area contributed by atoms with Crippen LogP contribution in [-0.2, 0) is 22.5 Å². The largest absolute Gasteiger partial charge is 0.465 e. The number of ether oxygens (including phenoxy) is 1. The summed E-state index contributed by atoms with van der Waals surface area (Å²) in [6.45, 7) is 0.540. The molecule has 0 bridgehead atoms. The fourth-order valence-electron chi connectivity index (χ4n) is 4.46. The molecule has 0 aliphatic carbocycles. The molecule has 1 amide bonds. The minimum Gasteiger partial charge on any atom is -0.465 e. The van der Waals surface area contributed by atoms with E-state index in [0.29, 0.717) is 34.6 Å². The molecule has 1 fully saturated rings. The molecule has 5 rings (SSSR count). The fraction of sp³-hybridized carbons (Fsp3) is 0.161. The average molecular weight is 574 g/mol. The second-order valence-electron chi connectivity index (χ2n) is 9.38. The van der Waals surface area contributed by atoms with Crippen LogP contribution in [0.25, 0.3) is 11.1 Å². The van der Waals surface area contributed by atoms with Crippen molar-refractivity contribution in [1.29, 1.82) is 0 Å². The van der Waals surface area contributed by atoms with Crippen LogP contribution in [0.3, 0.4) is 0 Å². The number of aromatic nitrogens is 1. The molecule has 3 aromatic carbocycles. The smallest absolute Gasteiger partial charge is 0.319 e. The fourth-order valence-corrected chi connectivity index (χ4v) is 5.49. The molecular formula is C31H25F2N3O4S. The van der Waals surface area contributed by atoms with E-state index in [9.17, 15) is 23.2 Å². The molecule has 4 aromatic rings. The topological polar surface area (TPSA) is 111 Å². The number of cyclic esters (lactones) is 1. The van der Waals surface area contributed by atoms with E-state index < -0.39 is 17.5 Å². The standard InChI is InChI=1S/C31H25F2N3O4S/c32-25-15-23(41-29-9-11-40-31(29)39)6-7-27(25)36-30(38)21-3-1-2-18(12-21)24-13-20(4-5-22(24)16-34)28(37)14-19-8-10-35-17-26(19)33/h1-8,10,12-13,15,17,29H,9,11,14,16,34H2,(H,36,38). The van der Waals surface area contributed by atoms with Crippen molar-refractivity contribution in [2.45, 2.75) is 29.5 Å². The molecule has 7 nitrogen and oxygen atoms in total. The zero-order valence-electron chi connectivity index (χ0n) is 21.7. The number of thioether (sulfide) groups is 1. The number of Topliss-reactive ketones (excluding diaryl/α,β-unsaturated/α-hetero) is 1. The minimum atomic E-state index is -0.631. The highest BCUT2D eigenvalue weighted by atomic mass is 32.2. The molecule has 1 aliphatic heterocycles. The summed E-state index contributed by atoms with van der Waals surface area (Å²) in [5.74, 6) is -2.31. The Balaban J connectivity index is 1.34. The SMILES string of the molecule is NCc1ccc(C(=O)Cc2ccncc2F)cc1-c1cccc(C(=O)Nc2ccc(SC3CCOC3=O)cc2F)c1. The molecule has 1 unspecified atom stereocenters. The van der Waals surface area contributed by atoms with Crippen LogP contribution >= 0.6 is 11.8 Å². The second-order valence-corrected chi connectivity index (χ2v) is 10.7. The molecule has 0 spiro atoms. The first-order valence-electron chi connectivity index (χ1n) is 12.8. The van der Waals surface area contributed by atoms with E-state index >= 15 is 0 Å². The van der Waals surface area contributed by atoms with Gasteiger partial charge in [-0.1, -0.05) is 24.3 Å². The van der Waals surface area contributed by atoms with E-state index in [1.807, 2.05) is 0 Å². The number of halogens is 2. The van der Waals surface area contributed by atoms with E-state index in [1.165, 1.54) is 36.2 Å². The molecule has 1 saturated heterocycles. The van der Waals surface area contributed by atoms with Gasteiger partial charge in [-0.2, -0.15) is 0 Å². The lowest BCUT2D eigenvalue weighted by Gasteiger charge is -2.13. The first-order valence-corrected chi connectivity index (χ1v) is 13.7.